The van der Waals surface area contributed by atoms with E-state index in [-0.39, 0.29) is 17.1 Å². The number of hydrogen-bond donors (Lipinski definition) is 4. The number of hydrazine groups is 1. The lowest BCUT2D eigenvalue weighted by molar-refractivity contribution is 0.0697. The first-order chi connectivity index (χ1) is 13.5. The second kappa shape index (κ2) is 6.24. The summed E-state index contributed by atoms with van der Waals surface area (Å²) in [5, 5.41) is 18.1. The van der Waals surface area contributed by atoms with Crippen molar-refractivity contribution in [2.24, 2.45) is 28.6 Å². The van der Waals surface area contributed by atoms with Gasteiger partial charge in [-0.2, -0.15) is 0 Å². The third-order valence-corrected chi connectivity index (χ3v) is 7.46. The summed E-state index contributed by atoms with van der Waals surface area (Å²) in [4.78, 5) is 15.7. The molecule has 4 bridgehead atoms. The molecule has 5 N–H and O–H groups in total. The van der Waals surface area contributed by atoms with Crippen molar-refractivity contribution in [3.8, 4) is 0 Å². The summed E-state index contributed by atoms with van der Waals surface area (Å²) in [6.07, 6.45) is 8.44. The molecule has 1 aliphatic heterocycles. The molecule has 5 atom stereocenters. The van der Waals surface area contributed by atoms with Crippen molar-refractivity contribution >= 4 is 23.7 Å². The highest BCUT2D eigenvalue weighted by Gasteiger charge is 2.65. The number of aromatic carboxylic acids is 1. The van der Waals surface area contributed by atoms with E-state index < -0.39 is 5.97 Å². The van der Waals surface area contributed by atoms with Gasteiger partial charge in [-0.1, -0.05) is 0 Å². The Balaban J connectivity index is 1.48. The van der Waals surface area contributed by atoms with E-state index in [0.29, 0.717) is 12.5 Å². The van der Waals surface area contributed by atoms with Crippen LogP contribution in [0, 0.1) is 17.8 Å². The summed E-state index contributed by atoms with van der Waals surface area (Å²) in [5.41, 5.74) is 3.07. The molecule has 0 radical (unpaired) electrons. The number of rotatable bonds is 6. The lowest BCUT2D eigenvalue weighted by Gasteiger charge is -2.41. The first-order valence-electron chi connectivity index (χ1n) is 10.1. The molecule has 4 aliphatic carbocycles. The molecule has 0 saturated heterocycles. The van der Waals surface area contributed by atoms with Crippen molar-refractivity contribution in [1.82, 2.24) is 5.32 Å². The minimum atomic E-state index is -0.934. The van der Waals surface area contributed by atoms with E-state index in [1.54, 1.807) is 18.5 Å². The van der Waals surface area contributed by atoms with Crippen molar-refractivity contribution in [1.29, 1.82) is 0 Å². The van der Waals surface area contributed by atoms with Gasteiger partial charge in [0.15, 0.2) is 0 Å². The van der Waals surface area contributed by atoms with Crippen LogP contribution in [0.2, 0.25) is 0 Å². The molecule has 0 amide bonds. The van der Waals surface area contributed by atoms with Crippen LogP contribution in [-0.2, 0) is 0 Å². The normalized spacial score (nSPS) is 32.9. The number of benzene rings is 1. The van der Waals surface area contributed by atoms with Crippen LogP contribution in [-0.4, -0.2) is 35.5 Å². The molecule has 7 heteroatoms. The number of carboxylic acids is 1. The fraction of sp³-hybridized carbons (Fsp3) is 0.524. The average Bonchev–Trinajstić information content (AvgIpc) is 3.44. The topological polar surface area (TPSA) is 103 Å². The van der Waals surface area contributed by atoms with Crippen molar-refractivity contribution in [2.75, 3.05) is 16.9 Å². The van der Waals surface area contributed by atoms with Gasteiger partial charge in [0.1, 0.15) is 0 Å². The smallest absolute Gasteiger partial charge is 0.335 e. The van der Waals surface area contributed by atoms with Gasteiger partial charge in [-0.15, -0.1) is 0 Å². The molecule has 1 aromatic carbocycles. The van der Waals surface area contributed by atoms with E-state index in [1.807, 2.05) is 17.3 Å². The van der Waals surface area contributed by atoms with Crippen LogP contribution in [0.3, 0.4) is 0 Å². The zero-order valence-electron chi connectivity index (χ0n) is 16.1. The van der Waals surface area contributed by atoms with Crippen molar-refractivity contribution in [3.63, 3.8) is 0 Å². The van der Waals surface area contributed by atoms with E-state index in [2.05, 4.69) is 22.5 Å². The van der Waals surface area contributed by atoms with E-state index in [0.717, 1.165) is 41.6 Å². The summed E-state index contributed by atoms with van der Waals surface area (Å²) < 4.78 is 0. The van der Waals surface area contributed by atoms with Gasteiger partial charge >= 0.3 is 5.97 Å². The number of carboxylic acid groups (broad SMARTS) is 1. The van der Waals surface area contributed by atoms with E-state index in [4.69, 9.17) is 5.84 Å². The summed E-state index contributed by atoms with van der Waals surface area (Å²) in [7, 11) is 0. The SMILES string of the molecule is CC(Nc1cc(C(=O)O)ccc1N(N)C12CC3CC1C[C@@H]3C2)C1=CN=CNC1. The standard InChI is InChI=1S/C21H27N5O2/c1-12(16-9-23-11-24-10-16)25-18-6-13(20(27)28)2-3-19(18)26(22)21-7-14-4-17(21)5-15(14)8-21/h2-3,6,9,11-12,14-15,17,25H,4-5,7-8,10,22H2,1H3,(H,23,24)(H,27,28)/t12?,14-,15?,17?,21?/m1/s1. The van der Waals surface area contributed by atoms with Crippen LogP contribution in [0.1, 0.15) is 43.0 Å². The number of nitrogens with one attached hydrogen (secondary N) is 2. The second-order valence-corrected chi connectivity index (χ2v) is 8.84. The Morgan fingerprint density at radius 2 is 2.14 bits per heavy atom. The second-order valence-electron chi connectivity index (χ2n) is 8.84. The molecule has 7 nitrogen and oxygen atoms in total. The molecule has 4 saturated carbocycles. The maximum Gasteiger partial charge on any atom is 0.335 e. The summed E-state index contributed by atoms with van der Waals surface area (Å²) in [5.74, 6) is 8.14. The highest BCUT2D eigenvalue weighted by Crippen LogP contribution is 2.67. The Morgan fingerprint density at radius 1 is 1.39 bits per heavy atom. The molecular weight excluding hydrogens is 354 g/mol. The molecule has 0 spiro atoms. The van der Waals surface area contributed by atoms with E-state index in [9.17, 15) is 9.90 Å². The molecule has 0 aromatic heterocycles. The van der Waals surface area contributed by atoms with Gasteiger partial charge in [-0.25, -0.2) is 15.6 Å². The fourth-order valence-electron chi connectivity index (χ4n) is 6.09. The quantitative estimate of drug-likeness (QED) is 0.446. The summed E-state index contributed by atoms with van der Waals surface area (Å²) in [6.45, 7) is 2.77. The Kier molecular flexibility index (Phi) is 3.91. The van der Waals surface area contributed by atoms with Gasteiger partial charge in [-0.05, 0) is 74.1 Å². The molecule has 5 aliphatic rings. The molecular formula is C21H27N5O2. The molecule has 4 unspecified atom stereocenters. The van der Waals surface area contributed by atoms with Gasteiger partial charge in [-0.3, -0.25) is 0 Å². The molecule has 6 rings (SSSR count). The van der Waals surface area contributed by atoms with Crippen molar-refractivity contribution in [3.05, 3.63) is 35.5 Å². The predicted octanol–water partition coefficient (Wildman–Crippen LogP) is 2.57. The molecule has 28 heavy (non-hydrogen) atoms. The van der Waals surface area contributed by atoms with Crippen LogP contribution < -0.4 is 21.5 Å². The minimum Gasteiger partial charge on any atom is -0.478 e. The fourth-order valence-corrected chi connectivity index (χ4v) is 6.09. The number of nitrogens with zero attached hydrogens (tertiary/aromatic N) is 2. The van der Waals surface area contributed by atoms with Gasteiger partial charge in [0.2, 0.25) is 0 Å². The molecule has 4 fully saturated rings. The van der Waals surface area contributed by atoms with Crippen molar-refractivity contribution in [2.45, 2.75) is 44.2 Å². The van der Waals surface area contributed by atoms with Crippen LogP contribution >= 0.6 is 0 Å². The molecule has 1 aromatic rings. The van der Waals surface area contributed by atoms with E-state index >= 15 is 0 Å². The lowest BCUT2D eigenvalue weighted by Crippen LogP contribution is -2.53. The van der Waals surface area contributed by atoms with Crippen LogP contribution in [0.4, 0.5) is 11.4 Å². The zero-order chi connectivity index (χ0) is 19.5. The lowest BCUT2D eigenvalue weighted by atomic mass is 9.89. The van der Waals surface area contributed by atoms with Gasteiger partial charge in [0.05, 0.1) is 28.8 Å². The Bertz CT molecular complexity index is 866. The van der Waals surface area contributed by atoms with Gasteiger partial charge in [0, 0.05) is 18.8 Å². The predicted molar refractivity (Wildman–Crippen MR) is 109 cm³/mol. The third kappa shape index (κ3) is 2.53. The maximum atomic E-state index is 11.5. The Labute approximate surface area is 164 Å². The first-order valence-corrected chi connectivity index (χ1v) is 10.1. The first kappa shape index (κ1) is 17.6. The van der Waals surface area contributed by atoms with Gasteiger partial charge < -0.3 is 20.7 Å². The van der Waals surface area contributed by atoms with E-state index in [1.165, 1.54) is 12.8 Å². The van der Waals surface area contributed by atoms with Crippen molar-refractivity contribution < 1.29 is 9.90 Å². The highest BCUT2D eigenvalue weighted by atomic mass is 16.4. The minimum absolute atomic E-state index is 0.00669. The highest BCUT2D eigenvalue weighted by molar-refractivity contribution is 5.91. The molecule has 1 heterocycles. The average molecular weight is 381 g/mol. The number of nitrogens with two attached hydrogens (primary N) is 1. The number of hydrogen-bond acceptors (Lipinski definition) is 6. The number of anilines is 2. The van der Waals surface area contributed by atoms with Crippen LogP contribution in [0.25, 0.3) is 0 Å². The molecule has 148 valence electrons. The van der Waals surface area contributed by atoms with Crippen LogP contribution in [0.5, 0.6) is 0 Å². The number of aliphatic imine (C=N–C) groups is 1. The Morgan fingerprint density at radius 3 is 2.71 bits per heavy atom. The summed E-state index contributed by atoms with van der Waals surface area (Å²) >= 11 is 0. The third-order valence-electron chi connectivity index (χ3n) is 7.46. The summed E-state index contributed by atoms with van der Waals surface area (Å²) in [6, 6.07) is 5.23. The number of carbonyl (C=O) groups is 1. The van der Waals surface area contributed by atoms with Gasteiger partial charge in [0.25, 0.3) is 0 Å². The Hall–Kier alpha value is -2.54. The maximum absolute atomic E-state index is 11.5. The zero-order valence-corrected chi connectivity index (χ0v) is 16.1. The monoisotopic (exact) mass is 381 g/mol. The van der Waals surface area contributed by atoms with Crippen LogP contribution in [0.15, 0.2) is 35.0 Å². The largest absolute Gasteiger partial charge is 0.478 e.